The number of aliphatic imine (C=N–C) groups is 1. The molecule has 1 saturated heterocycles. The van der Waals surface area contributed by atoms with Gasteiger partial charge in [0.2, 0.25) is 11.8 Å². The van der Waals surface area contributed by atoms with Gasteiger partial charge in [0.15, 0.2) is 0 Å². The Labute approximate surface area is 277 Å². The topological polar surface area (TPSA) is 117 Å². The van der Waals surface area contributed by atoms with Gasteiger partial charge in [-0.25, -0.2) is 0 Å². The third-order valence-electron chi connectivity index (χ3n) is 9.83. The van der Waals surface area contributed by atoms with Crippen molar-refractivity contribution in [1.29, 1.82) is 0 Å². The second kappa shape index (κ2) is 15.3. The Kier molecular flexibility index (Phi) is 11.0. The number of amides is 2. The van der Waals surface area contributed by atoms with Crippen LogP contribution in [0.2, 0.25) is 0 Å². The molecule has 2 N–H and O–H groups in total. The van der Waals surface area contributed by atoms with Crippen LogP contribution in [0.25, 0.3) is 0 Å². The molecule has 2 atom stereocenters. The summed E-state index contributed by atoms with van der Waals surface area (Å²) in [5.74, 6) is -1.78. The Morgan fingerprint density at radius 3 is 2.02 bits per heavy atom. The van der Waals surface area contributed by atoms with Gasteiger partial charge in [-0.3, -0.25) is 24.7 Å². The van der Waals surface area contributed by atoms with E-state index in [1.54, 1.807) is 19.2 Å². The Hall–Kier alpha value is -4.63. The Bertz CT molecular complexity index is 1570. The number of benzene rings is 3. The molecule has 0 aromatic heterocycles. The van der Waals surface area contributed by atoms with E-state index in [0.717, 1.165) is 38.9 Å². The lowest BCUT2D eigenvalue weighted by molar-refractivity contribution is -0.384. The van der Waals surface area contributed by atoms with Crippen LogP contribution >= 0.6 is 0 Å². The second-order valence-electron chi connectivity index (χ2n) is 12.4. The fraction of sp³-hybridized carbons (Fsp3) is 0.395. The van der Waals surface area contributed by atoms with Crippen molar-refractivity contribution in [2.45, 2.75) is 57.3 Å². The van der Waals surface area contributed by atoms with E-state index < -0.39 is 16.8 Å². The van der Waals surface area contributed by atoms with Gasteiger partial charge in [0.1, 0.15) is 0 Å². The molecule has 2 heterocycles. The summed E-state index contributed by atoms with van der Waals surface area (Å²) in [6, 6.07) is 27.8. The highest BCUT2D eigenvalue weighted by Crippen LogP contribution is 2.42. The molecule has 1 fully saturated rings. The average molecular weight is 636 g/mol. The summed E-state index contributed by atoms with van der Waals surface area (Å²) >= 11 is 0. The maximum atomic E-state index is 13.9. The highest BCUT2D eigenvalue weighted by Gasteiger charge is 2.42. The van der Waals surface area contributed by atoms with Crippen molar-refractivity contribution in [2.24, 2.45) is 10.9 Å². The van der Waals surface area contributed by atoms with Crippen molar-refractivity contribution in [1.82, 2.24) is 15.5 Å². The van der Waals surface area contributed by atoms with Gasteiger partial charge < -0.3 is 15.5 Å². The molecule has 0 saturated carbocycles. The van der Waals surface area contributed by atoms with E-state index in [9.17, 15) is 19.7 Å². The quantitative estimate of drug-likeness (QED) is 0.141. The second-order valence-corrected chi connectivity index (χ2v) is 12.4. The summed E-state index contributed by atoms with van der Waals surface area (Å²) in [5.41, 5.74) is 5.15. The molecule has 5 rings (SSSR count). The zero-order valence-electron chi connectivity index (χ0n) is 27.6. The summed E-state index contributed by atoms with van der Waals surface area (Å²) < 4.78 is 0. The minimum absolute atomic E-state index is 0.0106. The number of rotatable bonds is 12. The average Bonchev–Trinajstić information content (AvgIpc) is 3.13. The molecule has 0 bridgehead atoms. The number of nitro benzene ring substituents is 1. The zero-order chi connectivity index (χ0) is 33.4. The van der Waals surface area contributed by atoms with Crippen molar-refractivity contribution in [3.8, 4) is 0 Å². The standard InChI is InChI=1S/C38H45N5O4/c1-4-31-34(36(44)39-3)33(27-17-19-30(20-18-27)43(46)47)35(32(5-2)41-31)37(45)40-23-12-24-42-25-21-38(22-26-42,28-13-8-6-9-14-28)29-15-10-7-11-16-29/h6-11,13-20,33-34H,4-5,12,21-26H2,1-3H3,(H,39,44)(H,40,45). The number of piperidine rings is 1. The third kappa shape index (κ3) is 7.20. The molecule has 0 radical (unpaired) electrons. The molecule has 2 aliphatic heterocycles. The van der Waals surface area contributed by atoms with E-state index in [-0.39, 0.29) is 22.9 Å². The number of likely N-dealkylation sites (tertiary alicyclic amines) is 1. The third-order valence-corrected chi connectivity index (χ3v) is 9.83. The monoisotopic (exact) mass is 635 g/mol. The first-order valence-corrected chi connectivity index (χ1v) is 16.7. The van der Waals surface area contributed by atoms with Crippen LogP contribution in [0.3, 0.4) is 0 Å². The number of nitro groups is 1. The molecule has 2 unspecified atom stereocenters. The maximum absolute atomic E-state index is 13.9. The van der Waals surface area contributed by atoms with Gasteiger partial charge in [0.25, 0.3) is 5.69 Å². The molecule has 9 nitrogen and oxygen atoms in total. The lowest BCUT2D eigenvalue weighted by atomic mass is 9.68. The van der Waals surface area contributed by atoms with Crippen LogP contribution in [0.15, 0.2) is 101 Å². The van der Waals surface area contributed by atoms with Gasteiger partial charge in [-0.05, 0) is 68.4 Å². The summed E-state index contributed by atoms with van der Waals surface area (Å²) in [6.45, 7) is 7.18. The predicted octanol–water partition coefficient (Wildman–Crippen LogP) is 6.16. The van der Waals surface area contributed by atoms with Gasteiger partial charge in [0, 0.05) is 54.0 Å². The predicted molar refractivity (Wildman–Crippen MR) is 185 cm³/mol. The van der Waals surface area contributed by atoms with E-state index in [2.05, 4.69) is 76.2 Å². The van der Waals surface area contributed by atoms with Crippen molar-refractivity contribution < 1.29 is 14.5 Å². The lowest BCUT2D eigenvalue weighted by Crippen LogP contribution is -2.44. The van der Waals surface area contributed by atoms with Crippen LogP contribution in [0.4, 0.5) is 5.69 Å². The van der Waals surface area contributed by atoms with E-state index in [0.29, 0.717) is 41.9 Å². The number of non-ortho nitro benzene ring substituents is 1. The van der Waals surface area contributed by atoms with Crippen LogP contribution in [0, 0.1) is 16.0 Å². The van der Waals surface area contributed by atoms with Crippen LogP contribution in [0.5, 0.6) is 0 Å². The summed E-state index contributed by atoms with van der Waals surface area (Å²) in [7, 11) is 1.58. The summed E-state index contributed by atoms with van der Waals surface area (Å²) in [6.07, 6.45) is 3.90. The van der Waals surface area contributed by atoms with Gasteiger partial charge in [-0.15, -0.1) is 0 Å². The lowest BCUT2D eigenvalue weighted by Gasteiger charge is -2.43. The van der Waals surface area contributed by atoms with Crippen LogP contribution in [0.1, 0.15) is 68.6 Å². The molecule has 3 aromatic rings. The number of nitrogens with zero attached hydrogens (tertiary/aromatic N) is 3. The molecule has 9 heteroatoms. The molecule has 47 heavy (non-hydrogen) atoms. The van der Waals surface area contributed by atoms with Crippen molar-refractivity contribution in [3.05, 3.63) is 123 Å². The van der Waals surface area contributed by atoms with Crippen molar-refractivity contribution in [3.63, 3.8) is 0 Å². The molecular weight excluding hydrogens is 590 g/mol. The van der Waals surface area contributed by atoms with Gasteiger partial charge >= 0.3 is 0 Å². The van der Waals surface area contributed by atoms with Crippen molar-refractivity contribution in [2.75, 3.05) is 33.2 Å². The molecule has 2 amide bonds. The van der Waals surface area contributed by atoms with Gasteiger partial charge in [-0.1, -0.05) is 86.6 Å². The van der Waals surface area contributed by atoms with Crippen LogP contribution in [-0.2, 0) is 15.0 Å². The normalized spacial score (nSPS) is 19.5. The highest BCUT2D eigenvalue weighted by molar-refractivity contribution is 6.10. The summed E-state index contributed by atoms with van der Waals surface area (Å²) in [4.78, 5) is 45.4. The zero-order valence-corrected chi connectivity index (χ0v) is 27.6. The minimum atomic E-state index is -0.689. The highest BCUT2D eigenvalue weighted by atomic mass is 16.6. The molecule has 0 aliphatic carbocycles. The largest absolute Gasteiger partial charge is 0.359 e. The van der Waals surface area contributed by atoms with E-state index >= 15 is 0 Å². The van der Waals surface area contributed by atoms with Gasteiger partial charge in [-0.2, -0.15) is 0 Å². The number of hydrogen-bond acceptors (Lipinski definition) is 6. The van der Waals surface area contributed by atoms with Crippen molar-refractivity contribution >= 4 is 23.2 Å². The number of nitrogens with one attached hydrogen (secondary N) is 2. The Morgan fingerprint density at radius 1 is 0.915 bits per heavy atom. The Morgan fingerprint density at radius 2 is 1.51 bits per heavy atom. The first-order valence-electron chi connectivity index (χ1n) is 16.7. The fourth-order valence-electron chi connectivity index (χ4n) is 7.32. The number of carbonyl (C=O) groups is 2. The number of carbonyl (C=O) groups excluding carboxylic acids is 2. The molecular formula is C38H45N5O4. The minimum Gasteiger partial charge on any atom is -0.359 e. The molecule has 3 aromatic carbocycles. The van der Waals surface area contributed by atoms with E-state index in [1.165, 1.54) is 23.3 Å². The summed E-state index contributed by atoms with van der Waals surface area (Å²) in [5, 5.41) is 17.2. The molecule has 0 spiro atoms. The smallest absolute Gasteiger partial charge is 0.269 e. The molecule has 246 valence electrons. The fourth-order valence-corrected chi connectivity index (χ4v) is 7.32. The maximum Gasteiger partial charge on any atom is 0.269 e. The number of allylic oxidation sites excluding steroid dienone is 1. The first-order chi connectivity index (χ1) is 22.8. The molecule has 2 aliphatic rings. The van der Waals surface area contributed by atoms with Gasteiger partial charge in [0.05, 0.1) is 10.8 Å². The first kappa shape index (κ1) is 33.7. The number of hydrogen-bond donors (Lipinski definition) is 2. The van der Waals surface area contributed by atoms with E-state index in [1.807, 2.05) is 13.8 Å². The Balaban J connectivity index is 1.28. The van der Waals surface area contributed by atoms with Crippen LogP contribution < -0.4 is 10.6 Å². The van der Waals surface area contributed by atoms with Crippen LogP contribution in [-0.4, -0.2) is 60.6 Å². The van der Waals surface area contributed by atoms with E-state index in [4.69, 9.17) is 4.99 Å². The SMILES string of the molecule is CCC1=NC(CC)=C(C(=O)NCCCN2CCC(c3ccccc3)(c3ccccc3)CC2)C(c2ccc([N+](=O)[O-])cc2)C1C(=O)NC.